The summed E-state index contributed by atoms with van der Waals surface area (Å²) in [7, 11) is 0. The number of furan rings is 1. The summed E-state index contributed by atoms with van der Waals surface area (Å²) in [4.78, 5) is 5.26. The van der Waals surface area contributed by atoms with Gasteiger partial charge in [-0.15, -0.1) is 0 Å². The molecular formula is C49H35N3O. The Morgan fingerprint density at radius 1 is 0.434 bits per heavy atom. The SMILES string of the molecule is c1ccc(-c2cc(-c3ccccc3)cc(-c3cc4oc5c(C6=NC(c7ccccc7)NC(c7ccccc7)N6)cccc5c4c4ccccc34)c2)cc1. The van der Waals surface area contributed by atoms with E-state index in [-0.39, 0.29) is 12.3 Å². The van der Waals surface area contributed by atoms with E-state index in [0.717, 1.165) is 61.0 Å². The second kappa shape index (κ2) is 13.1. The summed E-state index contributed by atoms with van der Waals surface area (Å²) in [6.07, 6.45) is -0.378. The third kappa shape index (κ3) is 5.66. The Balaban J connectivity index is 1.17. The summed E-state index contributed by atoms with van der Waals surface area (Å²) in [5, 5.41) is 12.0. The first-order valence-electron chi connectivity index (χ1n) is 18.1. The summed E-state index contributed by atoms with van der Waals surface area (Å²) in [5.41, 5.74) is 11.8. The Hall–Kier alpha value is -6.75. The molecule has 1 aromatic heterocycles. The number of fused-ring (bicyclic) bond motifs is 5. The second-order valence-corrected chi connectivity index (χ2v) is 13.6. The number of para-hydroxylation sites is 1. The van der Waals surface area contributed by atoms with Crippen LogP contribution >= 0.6 is 0 Å². The van der Waals surface area contributed by atoms with Gasteiger partial charge < -0.3 is 9.73 Å². The van der Waals surface area contributed by atoms with Crippen LogP contribution in [0.4, 0.5) is 0 Å². The predicted molar refractivity (Wildman–Crippen MR) is 219 cm³/mol. The number of nitrogens with one attached hydrogen (secondary N) is 2. The maximum Gasteiger partial charge on any atom is 0.146 e. The molecule has 252 valence electrons. The molecule has 0 saturated heterocycles. The van der Waals surface area contributed by atoms with Gasteiger partial charge in [-0.25, -0.2) is 4.99 Å². The lowest BCUT2D eigenvalue weighted by Crippen LogP contribution is -2.45. The van der Waals surface area contributed by atoms with Gasteiger partial charge in [-0.1, -0.05) is 158 Å². The third-order valence-corrected chi connectivity index (χ3v) is 10.3. The van der Waals surface area contributed by atoms with Crippen LogP contribution in [0.1, 0.15) is 29.0 Å². The van der Waals surface area contributed by atoms with Crippen LogP contribution < -0.4 is 10.6 Å². The zero-order valence-electron chi connectivity index (χ0n) is 28.9. The van der Waals surface area contributed by atoms with Crippen molar-refractivity contribution < 1.29 is 4.42 Å². The number of amidine groups is 1. The fraction of sp³-hybridized carbons (Fsp3) is 0.0408. The highest BCUT2D eigenvalue weighted by Crippen LogP contribution is 2.43. The first-order chi connectivity index (χ1) is 26.3. The van der Waals surface area contributed by atoms with Crippen LogP contribution in [0.15, 0.2) is 197 Å². The molecule has 1 aliphatic rings. The Labute approximate surface area is 308 Å². The number of nitrogens with zero attached hydrogens (tertiary/aromatic N) is 1. The van der Waals surface area contributed by atoms with Crippen LogP contribution in [-0.4, -0.2) is 5.84 Å². The van der Waals surface area contributed by atoms with E-state index in [1.807, 2.05) is 12.1 Å². The standard InChI is InChI=1S/C49H35N3O/c1-5-16-32(17-6-1)36-28-37(33-18-7-2-8-19-33)30-38(29-36)43-31-44-45(40-25-14-13-24-39(40)43)41-26-15-27-42(46(41)53-44)49-51-47(34-20-9-3-10-21-34)50-48(52-49)35-22-11-4-12-23-35/h1-31,47-48,50H,(H,51,52). The molecule has 4 heteroatoms. The lowest BCUT2D eigenvalue weighted by molar-refractivity contribution is 0.409. The maximum absolute atomic E-state index is 6.98. The van der Waals surface area contributed by atoms with E-state index >= 15 is 0 Å². The lowest BCUT2D eigenvalue weighted by Gasteiger charge is -2.32. The van der Waals surface area contributed by atoms with E-state index in [2.05, 4.69) is 187 Å². The molecule has 0 amide bonds. The Kier molecular flexibility index (Phi) is 7.67. The van der Waals surface area contributed by atoms with E-state index in [0.29, 0.717) is 0 Å². The number of benzene rings is 8. The fourth-order valence-corrected chi connectivity index (χ4v) is 7.78. The average molecular weight is 682 g/mol. The minimum atomic E-state index is -0.236. The molecule has 2 heterocycles. The van der Waals surface area contributed by atoms with Crippen molar-refractivity contribution in [2.24, 2.45) is 4.99 Å². The molecule has 0 spiro atoms. The summed E-state index contributed by atoms with van der Waals surface area (Å²) in [6, 6.07) is 66.4. The van der Waals surface area contributed by atoms with Crippen LogP contribution in [0.25, 0.3) is 66.1 Å². The molecule has 2 N–H and O–H groups in total. The van der Waals surface area contributed by atoms with Crippen molar-refractivity contribution in [1.29, 1.82) is 0 Å². The van der Waals surface area contributed by atoms with Crippen molar-refractivity contribution >= 4 is 38.5 Å². The van der Waals surface area contributed by atoms with Crippen molar-refractivity contribution in [2.75, 3.05) is 0 Å². The first-order valence-corrected chi connectivity index (χ1v) is 18.1. The normalized spacial score (nSPS) is 15.7. The van der Waals surface area contributed by atoms with Gasteiger partial charge in [0.2, 0.25) is 0 Å². The minimum absolute atomic E-state index is 0.142. The highest BCUT2D eigenvalue weighted by molar-refractivity contribution is 6.24. The van der Waals surface area contributed by atoms with Gasteiger partial charge in [-0.3, -0.25) is 5.32 Å². The van der Waals surface area contributed by atoms with E-state index in [9.17, 15) is 0 Å². The largest absolute Gasteiger partial charge is 0.455 e. The van der Waals surface area contributed by atoms with Gasteiger partial charge in [0.25, 0.3) is 0 Å². The number of rotatable bonds is 6. The van der Waals surface area contributed by atoms with Crippen molar-refractivity contribution in [1.82, 2.24) is 10.6 Å². The summed E-state index contributed by atoms with van der Waals surface area (Å²) < 4.78 is 6.98. The second-order valence-electron chi connectivity index (χ2n) is 13.6. The molecule has 0 fully saturated rings. The summed E-state index contributed by atoms with van der Waals surface area (Å²) in [5.74, 6) is 0.795. The molecule has 4 nitrogen and oxygen atoms in total. The highest BCUT2D eigenvalue weighted by Gasteiger charge is 2.27. The van der Waals surface area contributed by atoms with Crippen molar-refractivity contribution in [3.05, 3.63) is 205 Å². The van der Waals surface area contributed by atoms with E-state index in [1.54, 1.807) is 0 Å². The molecule has 9 aromatic rings. The van der Waals surface area contributed by atoms with Crippen LogP contribution in [-0.2, 0) is 0 Å². The highest BCUT2D eigenvalue weighted by atomic mass is 16.3. The zero-order chi connectivity index (χ0) is 35.1. The molecule has 2 atom stereocenters. The van der Waals surface area contributed by atoms with Gasteiger partial charge >= 0.3 is 0 Å². The minimum Gasteiger partial charge on any atom is -0.455 e. The number of aliphatic imine (C=N–C) groups is 1. The van der Waals surface area contributed by atoms with E-state index in [4.69, 9.17) is 9.41 Å². The molecule has 2 unspecified atom stereocenters. The van der Waals surface area contributed by atoms with Gasteiger partial charge in [-0.05, 0) is 85.6 Å². The smallest absolute Gasteiger partial charge is 0.146 e. The van der Waals surface area contributed by atoms with Gasteiger partial charge in [0, 0.05) is 10.8 Å². The molecule has 10 rings (SSSR count). The molecule has 0 radical (unpaired) electrons. The van der Waals surface area contributed by atoms with Crippen LogP contribution in [0.2, 0.25) is 0 Å². The van der Waals surface area contributed by atoms with E-state index < -0.39 is 0 Å². The summed E-state index contributed by atoms with van der Waals surface area (Å²) in [6.45, 7) is 0. The Morgan fingerprint density at radius 2 is 0.981 bits per heavy atom. The van der Waals surface area contributed by atoms with Gasteiger partial charge in [0.15, 0.2) is 0 Å². The molecule has 53 heavy (non-hydrogen) atoms. The van der Waals surface area contributed by atoms with Crippen molar-refractivity contribution in [2.45, 2.75) is 12.3 Å². The lowest BCUT2D eigenvalue weighted by atomic mass is 9.90. The first kappa shape index (κ1) is 31.0. The molecule has 8 aromatic carbocycles. The number of hydrogen-bond donors (Lipinski definition) is 2. The molecular weight excluding hydrogens is 647 g/mol. The van der Waals surface area contributed by atoms with Crippen LogP contribution in [0, 0.1) is 0 Å². The predicted octanol–water partition coefficient (Wildman–Crippen LogP) is 12.1. The topological polar surface area (TPSA) is 49.6 Å². The third-order valence-electron chi connectivity index (χ3n) is 10.3. The Bertz CT molecular complexity index is 2720. The van der Waals surface area contributed by atoms with E-state index in [1.165, 1.54) is 27.6 Å². The number of hydrogen-bond acceptors (Lipinski definition) is 4. The zero-order valence-corrected chi connectivity index (χ0v) is 28.9. The van der Waals surface area contributed by atoms with Crippen molar-refractivity contribution in [3.8, 4) is 33.4 Å². The van der Waals surface area contributed by atoms with Gasteiger partial charge in [0.1, 0.15) is 29.3 Å². The van der Waals surface area contributed by atoms with Gasteiger partial charge in [0.05, 0.1) is 5.56 Å². The van der Waals surface area contributed by atoms with Gasteiger partial charge in [-0.2, -0.15) is 0 Å². The van der Waals surface area contributed by atoms with Crippen LogP contribution in [0.5, 0.6) is 0 Å². The van der Waals surface area contributed by atoms with Crippen molar-refractivity contribution in [3.63, 3.8) is 0 Å². The summed E-state index contributed by atoms with van der Waals surface area (Å²) >= 11 is 0. The monoisotopic (exact) mass is 681 g/mol. The maximum atomic E-state index is 6.98. The van der Waals surface area contributed by atoms with Crippen LogP contribution in [0.3, 0.4) is 0 Å². The molecule has 1 aliphatic heterocycles. The average Bonchev–Trinajstić information content (AvgIpc) is 3.63. The molecule has 0 saturated carbocycles. The molecule has 0 bridgehead atoms. The Morgan fingerprint density at radius 3 is 1.64 bits per heavy atom. The quantitative estimate of drug-likeness (QED) is 0.184. The molecule has 0 aliphatic carbocycles. The fourth-order valence-electron chi connectivity index (χ4n) is 7.78.